The molecule has 0 spiro atoms. The summed E-state index contributed by atoms with van der Waals surface area (Å²) in [6, 6.07) is 4.30. The van der Waals surface area contributed by atoms with E-state index < -0.39 is 0 Å². The van der Waals surface area contributed by atoms with Crippen molar-refractivity contribution in [1.82, 2.24) is 0 Å². The van der Waals surface area contributed by atoms with E-state index in [4.69, 9.17) is 4.74 Å². The van der Waals surface area contributed by atoms with Crippen LogP contribution >= 0.6 is 15.9 Å². The summed E-state index contributed by atoms with van der Waals surface area (Å²) in [6.45, 7) is 5.48. The van der Waals surface area contributed by atoms with E-state index in [0.717, 1.165) is 23.9 Å². The summed E-state index contributed by atoms with van der Waals surface area (Å²) in [4.78, 5) is 14.1. The van der Waals surface area contributed by atoms with Crippen molar-refractivity contribution in [2.75, 3.05) is 18.6 Å². The van der Waals surface area contributed by atoms with Crippen molar-refractivity contribution in [3.63, 3.8) is 0 Å². The van der Waals surface area contributed by atoms with E-state index in [1.807, 2.05) is 12.1 Å². The molecular formula is C15H20BrNO2. The van der Waals surface area contributed by atoms with Crippen molar-refractivity contribution in [3.8, 4) is 0 Å². The first-order chi connectivity index (χ1) is 9.04. The normalized spacial score (nSPS) is 15.1. The summed E-state index contributed by atoms with van der Waals surface area (Å²) in [5.74, 6) is -0.274. The highest BCUT2D eigenvalue weighted by atomic mass is 79.9. The van der Waals surface area contributed by atoms with Gasteiger partial charge >= 0.3 is 5.97 Å². The van der Waals surface area contributed by atoms with E-state index in [1.165, 1.54) is 24.8 Å². The first-order valence-electron chi connectivity index (χ1n) is 6.72. The van der Waals surface area contributed by atoms with Crippen molar-refractivity contribution in [2.24, 2.45) is 0 Å². The molecule has 104 valence electrons. The highest BCUT2D eigenvalue weighted by Gasteiger charge is 2.22. The number of ether oxygens (including phenoxy) is 1. The molecule has 0 saturated carbocycles. The first-order valence-corrected chi connectivity index (χ1v) is 7.51. The minimum Gasteiger partial charge on any atom is -0.465 e. The third kappa shape index (κ3) is 2.94. The predicted octanol–water partition coefficient (Wildman–Crippen LogP) is 3.79. The Bertz CT molecular complexity index is 485. The number of carbonyl (C=O) groups is 1. The zero-order valence-electron chi connectivity index (χ0n) is 11.7. The standard InChI is InChI=1S/C15H20BrNO2/c1-10(2)17-7-5-4-6-11-8-12(15(18)19-3)9-13(16)14(11)17/h8-10H,4-7H2,1-3H3. The van der Waals surface area contributed by atoms with Gasteiger partial charge in [0.15, 0.2) is 0 Å². The van der Waals surface area contributed by atoms with E-state index in [1.54, 1.807) is 0 Å². The zero-order valence-corrected chi connectivity index (χ0v) is 13.3. The third-order valence-electron chi connectivity index (χ3n) is 3.57. The Morgan fingerprint density at radius 3 is 2.74 bits per heavy atom. The van der Waals surface area contributed by atoms with Crippen LogP contribution in [0.25, 0.3) is 0 Å². The number of carbonyl (C=O) groups excluding carboxylic acids is 1. The number of anilines is 1. The lowest BCUT2D eigenvalue weighted by atomic mass is 10.0. The van der Waals surface area contributed by atoms with Crippen molar-refractivity contribution < 1.29 is 9.53 Å². The second-order valence-corrected chi connectivity index (χ2v) is 6.06. The van der Waals surface area contributed by atoms with Crippen molar-refractivity contribution >= 4 is 27.6 Å². The molecule has 0 aromatic heterocycles. The first kappa shape index (κ1) is 14.4. The molecule has 2 rings (SSSR count). The molecule has 1 heterocycles. The second kappa shape index (κ2) is 5.95. The van der Waals surface area contributed by atoms with Crippen LogP contribution in [0.1, 0.15) is 42.6 Å². The van der Waals surface area contributed by atoms with E-state index in [2.05, 4.69) is 34.7 Å². The fourth-order valence-electron chi connectivity index (χ4n) is 2.63. The highest BCUT2D eigenvalue weighted by Crippen LogP contribution is 2.36. The van der Waals surface area contributed by atoms with E-state index in [0.29, 0.717) is 11.6 Å². The maximum absolute atomic E-state index is 11.7. The Morgan fingerprint density at radius 1 is 1.37 bits per heavy atom. The highest BCUT2D eigenvalue weighted by molar-refractivity contribution is 9.10. The van der Waals surface area contributed by atoms with Gasteiger partial charge in [-0.05, 0) is 66.7 Å². The molecule has 0 saturated heterocycles. The lowest BCUT2D eigenvalue weighted by molar-refractivity contribution is 0.0600. The van der Waals surface area contributed by atoms with Crippen LogP contribution < -0.4 is 4.90 Å². The minimum absolute atomic E-state index is 0.274. The Labute approximate surface area is 123 Å². The molecule has 1 aromatic carbocycles. The summed E-state index contributed by atoms with van der Waals surface area (Å²) in [7, 11) is 1.42. The molecule has 3 nitrogen and oxygen atoms in total. The van der Waals surface area contributed by atoms with E-state index >= 15 is 0 Å². The topological polar surface area (TPSA) is 29.5 Å². The van der Waals surface area contributed by atoms with E-state index in [-0.39, 0.29) is 5.97 Å². The molecule has 0 bridgehead atoms. The summed E-state index contributed by atoms with van der Waals surface area (Å²) in [5, 5.41) is 0. The number of esters is 1. The number of methoxy groups -OCH3 is 1. The molecule has 4 heteroatoms. The number of benzene rings is 1. The summed E-state index contributed by atoms with van der Waals surface area (Å²) in [6.07, 6.45) is 3.36. The van der Waals surface area contributed by atoms with Gasteiger partial charge in [-0.2, -0.15) is 0 Å². The number of fused-ring (bicyclic) bond motifs is 1. The van der Waals surface area contributed by atoms with Crippen molar-refractivity contribution in [3.05, 3.63) is 27.7 Å². The van der Waals surface area contributed by atoms with Crippen LogP contribution in [0.5, 0.6) is 0 Å². The molecule has 0 atom stereocenters. The fourth-order valence-corrected chi connectivity index (χ4v) is 3.36. The SMILES string of the molecule is COC(=O)c1cc(Br)c2c(c1)CCCCN2C(C)C. The molecule has 19 heavy (non-hydrogen) atoms. The monoisotopic (exact) mass is 325 g/mol. The number of hydrogen-bond acceptors (Lipinski definition) is 3. The summed E-state index contributed by atoms with van der Waals surface area (Å²) < 4.78 is 5.80. The maximum atomic E-state index is 11.7. The third-order valence-corrected chi connectivity index (χ3v) is 4.17. The van der Waals surface area contributed by atoms with Crippen LogP contribution in [-0.4, -0.2) is 25.7 Å². The van der Waals surface area contributed by atoms with Crippen LogP contribution in [0.4, 0.5) is 5.69 Å². The van der Waals surface area contributed by atoms with Gasteiger partial charge in [-0.25, -0.2) is 4.79 Å². The molecular weight excluding hydrogens is 306 g/mol. The molecule has 0 radical (unpaired) electrons. The molecule has 1 aromatic rings. The van der Waals surface area contributed by atoms with Gasteiger partial charge in [-0.15, -0.1) is 0 Å². The van der Waals surface area contributed by atoms with Crippen LogP contribution in [0.15, 0.2) is 16.6 Å². The molecule has 0 aliphatic carbocycles. The number of hydrogen-bond donors (Lipinski definition) is 0. The van der Waals surface area contributed by atoms with Crippen LogP contribution in [0.2, 0.25) is 0 Å². The number of nitrogens with zero attached hydrogens (tertiary/aromatic N) is 1. The average molecular weight is 326 g/mol. The average Bonchev–Trinajstić information content (AvgIpc) is 2.60. The molecule has 0 N–H and O–H groups in total. The predicted molar refractivity (Wildman–Crippen MR) is 80.9 cm³/mol. The number of halogens is 1. The van der Waals surface area contributed by atoms with Gasteiger partial charge in [0.2, 0.25) is 0 Å². The lowest BCUT2D eigenvalue weighted by Crippen LogP contribution is -2.31. The molecule has 1 aliphatic rings. The van der Waals surface area contributed by atoms with Gasteiger partial charge in [0.25, 0.3) is 0 Å². The van der Waals surface area contributed by atoms with Crippen LogP contribution in [0, 0.1) is 0 Å². The quantitative estimate of drug-likeness (QED) is 0.775. The summed E-state index contributed by atoms with van der Waals surface area (Å²) >= 11 is 3.62. The Kier molecular flexibility index (Phi) is 4.50. The van der Waals surface area contributed by atoms with Gasteiger partial charge in [-0.3, -0.25) is 0 Å². The number of rotatable bonds is 2. The van der Waals surface area contributed by atoms with Gasteiger partial charge in [0.1, 0.15) is 0 Å². The van der Waals surface area contributed by atoms with Crippen molar-refractivity contribution in [1.29, 1.82) is 0 Å². The molecule has 1 aliphatic heterocycles. The second-order valence-electron chi connectivity index (χ2n) is 5.20. The largest absolute Gasteiger partial charge is 0.465 e. The molecule has 0 unspecified atom stereocenters. The summed E-state index contributed by atoms with van der Waals surface area (Å²) in [5.41, 5.74) is 3.10. The zero-order chi connectivity index (χ0) is 14.0. The fraction of sp³-hybridized carbons (Fsp3) is 0.533. The lowest BCUT2D eigenvalue weighted by Gasteiger charge is -2.30. The van der Waals surface area contributed by atoms with Crippen LogP contribution in [-0.2, 0) is 11.2 Å². The van der Waals surface area contributed by atoms with E-state index in [9.17, 15) is 4.79 Å². The molecule has 0 amide bonds. The molecule has 0 fully saturated rings. The van der Waals surface area contributed by atoms with Gasteiger partial charge in [-0.1, -0.05) is 0 Å². The van der Waals surface area contributed by atoms with Gasteiger partial charge < -0.3 is 9.64 Å². The maximum Gasteiger partial charge on any atom is 0.337 e. The van der Waals surface area contributed by atoms with Gasteiger partial charge in [0.05, 0.1) is 18.4 Å². The number of aryl methyl sites for hydroxylation is 1. The Balaban J connectivity index is 2.51. The van der Waals surface area contributed by atoms with Crippen LogP contribution in [0.3, 0.4) is 0 Å². The van der Waals surface area contributed by atoms with Gasteiger partial charge in [0, 0.05) is 17.1 Å². The smallest absolute Gasteiger partial charge is 0.337 e. The van der Waals surface area contributed by atoms with Crippen molar-refractivity contribution in [2.45, 2.75) is 39.2 Å². The Morgan fingerprint density at radius 2 is 2.11 bits per heavy atom. The minimum atomic E-state index is -0.274. The Hall–Kier alpha value is -1.03.